The first-order valence-electron chi connectivity index (χ1n) is 38.9. The molecule has 3 saturated heterocycles. The topological polar surface area (TPSA) is 222 Å². The van der Waals surface area contributed by atoms with E-state index in [1.165, 1.54) is 22.9 Å². The monoisotopic (exact) mass is 1510 g/mol. The highest BCUT2D eigenvalue weighted by Gasteiger charge is 2.33. The number of hydrogen-bond donors (Lipinski definition) is 2. The number of anilines is 3. The van der Waals surface area contributed by atoms with E-state index >= 15 is 0 Å². The van der Waals surface area contributed by atoms with Crippen LogP contribution in [-0.2, 0) is 19.6 Å². The molecule has 6 aromatic carbocycles. The summed E-state index contributed by atoms with van der Waals surface area (Å²) < 4.78 is 43.3. The number of amides is 1. The third kappa shape index (κ3) is 19.5. The molecule has 0 aliphatic carbocycles. The number of fused-ring (bicyclic) bond motifs is 3. The lowest BCUT2D eigenvalue weighted by molar-refractivity contribution is -0.123. The van der Waals surface area contributed by atoms with Gasteiger partial charge in [0.1, 0.15) is 28.9 Å². The van der Waals surface area contributed by atoms with Gasteiger partial charge >= 0.3 is 0 Å². The van der Waals surface area contributed by atoms with Crippen LogP contribution in [-0.4, -0.2) is 191 Å². The van der Waals surface area contributed by atoms with Crippen molar-refractivity contribution in [3.05, 3.63) is 242 Å². The SMILES string of the molecule is CC(=O)C(c1ccn(-c2ccccc2)n1)N1CCCN(c2cc(C(C)C)cc3cccnc23)CC1.CCCNC(=O)CC(c1ccn(-c2ccccc2)n1)N1CCCN(c2c(OC)ccc3cccnc23)CC1.COc1ccc2cccnc2c1N1CCCN(C(CCNS(C)(=O)=O)c2ccn(-c3ccccc3)n2)CC1. The van der Waals surface area contributed by atoms with Gasteiger partial charge in [-0.25, -0.2) is 27.2 Å². The average molecular weight is 1510 g/mol. The Morgan fingerprint density at radius 2 is 0.928 bits per heavy atom. The number of para-hydroxylation sites is 3. The summed E-state index contributed by atoms with van der Waals surface area (Å²) in [4.78, 5) is 54.2. The molecule has 0 saturated carbocycles. The number of carbonyl (C=O) groups excluding carboxylic acids is 2. The highest BCUT2D eigenvalue weighted by Crippen LogP contribution is 2.40. The van der Waals surface area contributed by atoms with Crippen LogP contribution in [0.25, 0.3) is 49.8 Å². The maximum Gasteiger partial charge on any atom is 0.221 e. The van der Waals surface area contributed by atoms with E-state index in [-0.39, 0.29) is 29.8 Å². The van der Waals surface area contributed by atoms with Crippen molar-refractivity contribution in [3.63, 3.8) is 0 Å². The smallest absolute Gasteiger partial charge is 0.221 e. The number of hydrogen-bond acceptors (Lipinski definition) is 18. The summed E-state index contributed by atoms with van der Waals surface area (Å²) in [6.45, 7) is 19.4. The van der Waals surface area contributed by atoms with E-state index in [9.17, 15) is 18.0 Å². The number of benzene rings is 6. The third-order valence-electron chi connectivity index (χ3n) is 21.0. The molecule has 0 bridgehead atoms. The van der Waals surface area contributed by atoms with Crippen molar-refractivity contribution in [1.29, 1.82) is 0 Å². The molecule has 15 rings (SSSR count). The van der Waals surface area contributed by atoms with Crippen LogP contribution in [0.1, 0.15) is 113 Å². The zero-order valence-corrected chi connectivity index (χ0v) is 65.6. The van der Waals surface area contributed by atoms with Gasteiger partial charge in [-0.05, 0) is 160 Å². The van der Waals surface area contributed by atoms with Crippen molar-refractivity contribution in [2.24, 2.45) is 0 Å². The predicted octanol–water partition coefficient (Wildman–Crippen LogP) is 13.6. The van der Waals surface area contributed by atoms with Gasteiger partial charge in [-0.3, -0.25) is 39.2 Å². The third-order valence-corrected chi connectivity index (χ3v) is 21.7. The number of pyridine rings is 3. The molecule has 23 nitrogen and oxygen atoms in total. The summed E-state index contributed by atoms with van der Waals surface area (Å²) in [5.74, 6) is 2.29. The van der Waals surface area contributed by atoms with Gasteiger partial charge in [-0.1, -0.05) is 93.6 Å². The molecule has 3 atom stereocenters. The van der Waals surface area contributed by atoms with E-state index in [2.05, 4.69) is 102 Å². The Hall–Kier alpha value is -10.9. The summed E-state index contributed by atoms with van der Waals surface area (Å²) in [6, 6.07) is 60.6. The van der Waals surface area contributed by atoms with Crippen molar-refractivity contribution in [3.8, 4) is 28.6 Å². The Balaban J connectivity index is 0.000000146. The first-order valence-corrected chi connectivity index (χ1v) is 40.7. The fraction of sp³-hybridized carbons (Fsp3) is 0.356. The quantitative estimate of drug-likeness (QED) is 0.0574. The molecule has 6 aromatic heterocycles. The van der Waals surface area contributed by atoms with E-state index < -0.39 is 10.0 Å². The number of nitrogens with one attached hydrogen (secondary N) is 2. The molecule has 0 radical (unpaired) electrons. The van der Waals surface area contributed by atoms with Crippen LogP contribution in [0, 0.1) is 0 Å². The van der Waals surface area contributed by atoms with Gasteiger partial charge in [-0.2, -0.15) is 15.3 Å². The number of rotatable bonds is 24. The Bertz CT molecular complexity index is 5160. The maximum absolute atomic E-state index is 12.9. The van der Waals surface area contributed by atoms with Crippen LogP contribution in [0.5, 0.6) is 11.5 Å². The van der Waals surface area contributed by atoms with Crippen LogP contribution in [0.4, 0.5) is 17.1 Å². The number of ether oxygens (including phenoxy) is 2. The van der Waals surface area contributed by atoms with Crippen molar-refractivity contribution < 1.29 is 27.5 Å². The summed E-state index contributed by atoms with van der Waals surface area (Å²) in [6.07, 6.45) is 17.4. The minimum atomic E-state index is -3.27. The van der Waals surface area contributed by atoms with Crippen LogP contribution in [0.15, 0.2) is 219 Å². The van der Waals surface area contributed by atoms with Crippen molar-refractivity contribution in [2.75, 3.05) is 127 Å². The number of carbonyl (C=O) groups is 2. The van der Waals surface area contributed by atoms with Gasteiger partial charge in [-0.15, -0.1) is 0 Å². The molecule has 2 N–H and O–H groups in total. The number of methoxy groups -OCH3 is 2. The van der Waals surface area contributed by atoms with E-state index in [0.29, 0.717) is 31.8 Å². The molecule has 0 spiro atoms. The van der Waals surface area contributed by atoms with Crippen LogP contribution in [0.2, 0.25) is 0 Å². The minimum absolute atomic E-state index is 0.0262. The van der Waals surface area contributed by atoms with Gasteiger partial charge in [0.15, 0.2) is 5.78 Å². The molecule has 3 fully saturated rings. The molecule has 111 heavy (non-hydrogen) atoms. The zero-order valence-electron chi connectivity index (χ0n) is 64.8. The Labute approximate surface area is 651 Å². The first-order chi connectivity index (χ1) is 54.1. The van der Waals surface area contributed by atoms with Crippen molar-refractivity contribution in [1.82, 2.24) is 69.0 Å². The number of nitrogens with zero attached hydrogens (tertiary/aromatic N) is 15. The standard InChI is InChI=1S/C30H36N6O2.C29H33N5O.C28H34N6O3S/c1-3-15-31-28(37)22-26(25-14-19-36(33-25)24-10-5-4-6-11-24)34-17-8-18-35(21-20-34)30-27(38-2)13-12-23-9-7-16-32-29(23)30;1-21(2)24-19-23-9-7-13-30-28(23)27(20-24)32-14-8-15-33(18-17-32)29(22(3)35)26-12-16-34(31-26)25-10-5-4-6-11-25;1-37-26-12-11-22-8-6-15-29-27(22)28(26)33-18-7-17-32(20-21-33)25(13-16-30-38(2,35)36)24-14-19-34(31-24)23-9-4-3-5-10-23/h4-7,9-14,16,19,26H,3,8,15,17-18,20-22H2,1-2H3,(H,31,37);4-7,9-13,16,19-21,29H,8,14-15,17-18H2,1-3H3;3-6,8-12,14-15,19,25,30H,7,13,16-18,20-21H2,1-2H3. The highest BCUT2D eigenvalue weighted by atomic mass is 32.2. The Kier molecular flexibility index (Phi) is 26.2. The number of aromatic nitrogens is 9. The summed E-state index contributed by atoms with van der Waals surface area (Å²) in [5.41, 5.74) is 13.2. The zero-order chi connectivity index (χ0) is 77.2. The first kappa shape index (κ1) is 78.2. The van der Waals surface area contributed by atoms with Gasteiger partial charge in [0.05, 0.1) is 88.9 Å². The molecule has 12 aromatic rings. The van der Waals surface area contributed by atoms with E-state index in [4.69, 9.17) is 34.7 Å². The number of Topliss-reactive ketones (excluding diaryl/α,β-unsaturated/α-hetero) is 1. The molecular formula is C87H103N17O6S. The summed E-state index contributed by atoms with van der Waals surface area (Å²) in [7, 11) is 0.140. The molecule has 9 heterocycles. The summed E-state index contributed by atoms with van der Waals surface area (Å²) >= 11 is 0. The predicted molar refractivity (Wildman–Crippen MR) is 443 cm³/mol. The van der Waals surface area contributed by atoms with Crippen molar-refractivity contribution in [2.45, 2.75) is 90.3 Å². The molecule has 3 aliphatic heterocycles. The molecule has 3 aliphatic rings. The lowest BCUT2D eigenvalue weighted by Gasteiger charge is -2.30. The maximum atomic E-state index is 12.9. The normalized spacial score (nSPS) is 15.7. The lowest BCUT2D eigenvalue weighted by Crippen LogP contribution is -2.37. The molecule has 3 unspecified atom stereocenters. The average Bonchev–Trinajstić information content (AvgIpc) is 1.79. The van der Waals surface area contributed by atoms with Gasteiger partial charge < -0.3 is 29.5 Å². The van der Waals surface area contributed by atoms with Crippen LogP contribution in [0.3, 0.4) is 0 Å². The Morgan fingerprint density at radius 1 is 0.477 bits per heavy atom. The van der Waals surface area contributed by atoms with E-state index in [1.54, 1.807) is 21.1 Å². The molecule has 1 amide bonds. The number of sulfonamides is 1. The number of ketones is 1. The second-order valence-electron chi connectivity index (χ2n) is 28.9. The molecule has 578 valence electrons. The second-order valence-corrected chi connectivity index (χ2v) is 30.7. The van der Waals surface area contributed by atoms with Crippen LogP contribution < -0.4 is 34.2 Å². The highest BCUT2D eigenvalue weighted by molar-refractivity contribution is 7.88. The van der Waals surface area contributed by atoms with Gasteiger partial charge in [0.2, 0.25) is 15.9 Å². The van der Waals surface area contributed by atoms with E-state index in [0.717, 1.165) is 189 Å². The fourth-order valence-electron chi connectivity index (χ4n) is 15.5. The van der Waals surface area contributed by atoms with Crippen molar-refractivity contribution >= 4 is 71.5 Å². The minimum Gasteiger partial charge on any atom is -0.494 e. The molecule has 24 heteroatoms. The van der Waals surface area contributed by atoms with Gasteiger partial charge in [0, 0.05) is 151 Å². The Morgan fingerprint density at radius 3 is 1.42 bits per heavy atom. The van der Waals surface area contributed by atoms with Crippen LogP contribution >= 0.6 is 0 Å². The lowest BCUT2D eigenvalue weighted by atomic mass is 9.99. The fourth-order valence-corrected chi connectivity index (χ4v) is 16.0. The van der Waals surface area contributed by atoms with Gasteiger partial charge in [0.25, 0.3) is 0 Å². The van der Waals surface area contributed by atoms with E-state index in [1.807, 2.05) is 197 Å². The second kappa shape index (κ2) is 37.2. The largest absolute Gasteiger partial charge is 0.494 e. The summed E-state index contributed by atoms with van der Waals surface area (Å²) in [5, 5.41) is 21.0. The molecular weight excluding hydrogens is 1410 g/mol.